The summed E-state index contributed by atoms with van der Waals surface area (Å²) >= 11 is 0. The highest BCUT2D eigenvalue weighted by atomic mass is 16.5. The lowest BCUT2D eigenvalue weighted by molar-refractivity contribution is -0.123. The van der Waals surface area contributed by atoms with Gasteiger partial charge in [-0.3, -0.25) is 9.69 Å². The number of imidazole rings is 1. The summed E-state index contributed by atoms with van der Waals surface area (Å²) in [6.07, 6.45) is 5.10. The summed E-state index contributed by atoms with van der Waals surface area (Å²) in [6, 6.07) is 17.8. The Bertz CT molecular complexity index is 1650. The van der Waals surface area contributed by atoms with Gasteiger partial charge in [-0.25, -0.2) is 29.4 Å². The number of carbonyl (C=O) groups excluding carboxylic acids is 3. The number of unbranched alkanes of at least 4 members (excludes halogenated alkanes) is 1. The number of amides is 3. The fourth-order valence-corrected chi connectivity index (χ4v) is 5.79. The summed E-state index contributed by atoms with van der Waals surface area (Å²) in [6.45, 7) is 3.61. The number of H-pyrrole nitrogens is 1. The molecule has 4 heterocycles. The molecule has 2 saturated heterocycles. The molecule has 2 aliphatic heterocycles. The second kappa shape index (κ2) is 12.3. The second-order valence-electron chi connectivity index (χ2n) is 10.9. The molecule has 2 N–H and O–H groups in total. The van der Waals surface area contributed by atoms with Crippen molar-refractivity contribution in [3.63, 3.8) is 0 Å². The van der Waals surface area contributed by atoms with Crippen LogP contribution in [0, 0.1) is 0 Å². The molecule has 12 heteroatoms. The van der Waals surface area contributed by atoms with Crippen molar-refractivity contribution in [2.45, 2.75) is 44.7 Å². The lowest BCUT2D eigenvalue weighted by Gasteiger charge is -2.41. The number of aromatic hydroxyl groups is 1. The zero-order valence-electron chi connectivity index (χ0n) is 24.3. The van der Waals surface area contributed by atoms with E-state index in [1.165, 1.54) is 28.4 Å². The molecule has 44 heavy (non-hydrogen) atoms. The quantitative estimate of drug-likeness (QED) is 0.162. The molecular weight excluding hydrogens is 562 g/mol. The number of esters is 1. The number of rotatable bonds is 9. The van der Waals surface area contributed by atoms with Gasteiger partial charge in [0.2, 0.25) is 11.8 Å². The number of hydrogen-bond acceptors (Lipinski definition) is 9. The van der Waals surface area contributed by atoms with E-state index < -0.39 is 17.5 Å². The number of ether oxygens (including phenoxy) is 1. The van der Waals surface area contributed by atoms with Crippen LogP contribution in [0.3, 0.4) is 0 Å². The Morgan fingerprint density at radius 1 is 1.00 bits per heavy atom. The van der Waals surface area contributed by atoms with Gasteiger partial charge in [0.05, 0.1) is 24.3 Å². The summed E-state index contributed by atoms with van der Waals surface area (Å²) in [5, 5.41) is 10.1. The Morgan fingerprint density at radius 3 is 2.43 bits per heavy atom. The number of piperidine rings is 1. The molecule has 0 saturated carbocycles. The van der Waals surface area contributed by atoms with Crippen molar-refractivity contribution in [3.05, 3.63) is 84.6 Å². The molecule has 12 nitrogen and oxygen atoms in total. The molecule has 0 atom stereocenters. The average Bonchev–Trinajstić information content (AvgIpc) is 3.59. The highest BCUT2D eigenvalue weighted by Crippen LogP contribution is 2.42. The molecule has 0 aliphatic carbocycles. The monoisotopic (exact) mass is 595 g/mol. The number of nitrogens with zero attached hydrogens (tertiary/aromatic N) is 6. The minimum Gasteiger partial charge on any atom is -0.493 e. The molecule has 2 fully saturated rings. The molecule has 4 aromatic rings. The number of carbonyl (C=O) groups is 3. The van der Waals surface area contributed by atoms with Gasteiger partial charge in [0.1, 0.15) is 11.2 Å². The largest absolute Gasteiger partial charge is 0.493 e. The summed E-state index contributed by atoms with van der Waals surface area (Å²) in [7, 11) is 0. The van der Waals surface area contributed by atoms with E-state index >= 15 is 0 Å². The van der Waals surface area contributed by atoms with Crippen molar-refractivity contribution in [2.24, 2.45) is 0 Å². The lowest BCUT2D eigenvalue weighted by atomic mass is 9.85. The van der Waals surface area contributed by atoms with Crippen LogP contribution in [-0.4, -0.2) is 73.1 Å². The minimum atomic E-state index is -1.26. The number of imide groups is 1. The van der Waals surface area contributed by atoms with E-state index in [1.807, 2.05) is 49.4 Å². The standard InChI is InChI=1S/C32H33N7O5/c1-2-3-19-44-28(41)27-25(34-21-35-27)20-37-17-14-32(15-18-37)29(42)38(31(43)39(32)30-33-16-13-26(40)36-30)24-11-9-23(10-12-24)22-7-5-4-6-8-22/h4-13,16,21H,2-3,14-15,17-20H2,1H3,(H,34,35)(H,33,36,40). The third-order valence-corrected chi connectivity index (χ3v) is 8.18. The van der Waals surface area contributed by atoms with Gasteiger partial charge in [-0.15, -0.1) is 0 Å². The number of aromatic nitrogens is 4. The van der Waals surface area contributed by atoms with Gasteiger partial charge in [-0.05, 0) is 42.5 Å². The van der Waals surface area contributed by atoms with Gasteiger partial charge in [-0.2, -0.15) is 4.98 Å². The SMILES string of the molecule is CCCCOC(=O)c1[nH]cnc1CN1CCC2(CC1)C(=O)N(c1ccc(-c3ccccc3)cc1)C(=O)N2c1nccc(O)n1. The number of benzene rings is 2. The van der Waals surface area contributed by atoms with Gasteiger partial charge in [0.25, 0.3) is 5.91 Å². The summed E-state index contributed by atoms with van der Waals surface area (Å²) in [4.78, 5) is 61.0. The highest BCUT2D eigenvalue weighted by Gasteiger charge is 2.60. The second-order valence-corrected chi connectivity index (χ2v) is 10.9. The summed E-state index contributed by atoms with van der Waals surface area (Å²) in [5.74, 6) is -1.16. The lowest BCUT2D eigenvalue weighted by Crippen LogP contribution is -2.57. The molecule has 0 unspecified atom stereocenters. The van der Waals surface area contributed by atoms with E-state index in [9.17, 15) is 19.5 Å². The van der Waals surface area contributed by atoms with E-state index in [0.29, 0.717) is 43.3 Å². The molecule has 2 aromatic heterocycles. The number of hydrogen-bond donors (Lipinski definition) is 2. The first-order chi connectivity index (χ1) is 21.4. The number of nitrogens with one attached hydrogen (secondary N) is 1. The average molecular weight is 596 g/mol. The molecule has 0 bridgehead atoms. The molecule has 2 aromatic carbocycles. The van der Waals surface area contributed by atoms with Crippen LogP contribution >= 0.6 is 0 Å². The third-order valence-electron chi connectivity index (χ3n) is 8.18. The molecule has 3 amide bonds. The van der Waals surface area contributed by atoms with Crippen molar-refractivity contribution in [1.29, 1.82) is 0 Å². The minimum absolute atomic E-state index is 0.0374. The predicted molar refractivity (Wildman–Crippen MR) is 162 cm³/mol. The van der Waals surface area contributed by atoms with Crippen LogP contribution in [0.15, 0.2) is 73.2 Å². The zero-order chi connectivity index (χ0) is 30.7. The van der Waals surface area contributed by atoms with Crippen LogP contribution in [-0.2, 0) is 16.1 Å². The third kappa shape index (κ3) is 5.39. The van der Waals surface area contributed by atoms with Gasteiger partial charge in [-0.1, -0.05) is 55.8 Å². The molecule has 6 rings (SSSR count). The van der Waals surface area contributed by atoms with Crippen molar-refractivity contribution in [2.75, 3.05) is 29.5 Å². The fraction of sp³-hybridized carbons (Fsp3) is 0.312. The number of aromatic amines is 1. The van der Waals surface area contributed by atoms with Crippen LogP contribution in [0.2, 0.25) is 0 Å². The fourth-order valence-electron chi connectivity index (χ4n) is 5.79. The van der Waals surface area contributed by atoms with Crippen LogP contribution in [0.25, 0.3) is 11.1 Å². The Hall–Kier alpha value is -5.10. The van der Waals surface area contributed by atoms with Crippen LogP contribution in [0.5, 0.6) is 5.88 Å². The zero-order valence-corrected chi connectivity index (χ0v) is 24.3. The summed E-state index contributed by atoms with van der Waals surface area (Å²) in [5.41, 5.74) is 2.03. The van der Waals surface area contributed by atoms with Gasteiger partial charge >= 0.3 is 12.0 Å². The molecular formula is C32H33N7O5. The first kappa shape index (κ1) is 29.0. The molecule has 0 radical (unpaired) electrons. The van der Waals surface area contributed by atoms with Gasteiger partial charge < -0.3 is 14.8 Å². The van der Waals surface area contributed by atoms with Crippen molar-refractivity contribution < 1.29 is 24.2 Å². The van der Waals surface area contributed by atoms with E-state index in [0.717, 1.165) is 24.0 Å². The van der Waals surface area contributed by atoms with Crippen molar-refractivity contribution >= 4 is 29.5 Å². The smallest absolute Gasteiger partial charge is 0.356 e. The maximum atomic E-state index is 14.3. The Labute approximate surface area is 254 Å². The first-order valence-electron chi connectivity index (χ1n) is 14.7. The van der Waals surface area contributed by atoms with Gasteiger partial charge in [0, 0.05) is 31.9 Å². The van der Waals surface area contributed by atoms with Crippen molar-refractivity contribution in [1.82, 2.24) is 24.8 Å². The maximum Gasteiger partial charge on any atom is 0.356 e. The highest BCUT2D eigenvalue weighted by molar-refractivity contribution is 6.30. The topological polar surface area (TPSA) is 145 Å². The summed E-state index contributed by atoms with van der Waals surface area (Å²) < 4.78 is 5.36. The van der Waals surface area contributed by atoms with Gasteiger partial charge in [0.15, 0.2) is 0 Å². The van der Waals surface area contributed by atoms with E-state index in [2.05, 4.69) is 24.8 Å². The maximum absolute atomic E-state index is 14.3. The van der Waals surface area contributed by atoms with E-state index in [-0.39, 0.29) is 30.6 Å². The Balaban J connectivity index is 1.25. The molecule has 2 aliphatic rings. The Morgan fingerprint density at radius 2 is 1.73 bits per heavy atom. The van der Waals surface area contributed by atoms with Crippen LogP contribution in [0.4, 0.5) is 16.4 Å². The number of anilines is 2. The molecule has 226 valence electrons. The van der Waals surface area contributed by atoms with E-state index in [4.69, 9.17) is 4.74 Å². The van der Waals surface area contributed by atoms with E-state index in [1.54, 1.807) is 12.1 Å². The predicted octanol–water partition coefficient (Wildman–Crippen LogP) is 4.54. The normalized spacial score (nSPS) is 16.6. The molecule has 1 spiro atoms. The van der Waals surface area contributed by atoms with Crippen LogP contribution in [0.1, 0.15) is 48.8 Å². The first-order valence-corrected chi connectivity index (χ1v) is 14.7. The van der Waals surface area contributed by atoms with Crippen LogP contribution < -0.4 is 9.80 Å². The number of likely N-dealkylation sites (tertiary alicyclic amines) is 1. The number of urea groups is 1. The van der Waals surface area contributed by atoms with Crippen molar-refractivity contribution in [3.8, 4) is 17.0 Å². The Kier molecular flexibility index (Phi) is 8.07.